The molecule has 1 N–H and O–H groups in total. The summed E-state index contributed by atoms with van der Waals surface area (Å²) in [5.41, 5.74) is 0.0633. The van der Waals surface area contributed by atoms with Crippen LogP contribution in [0.25, 0.3) is 0 Å². The Kier molecular flexibility index (Phi) is 15.3. The number of hydrogen-bond acceptors (Lipinski definition) is 3. The number of ether oxygens (including phenoxy) is 1. The van der Waals surface area contributed by atoms with Crippen LogP contribution in [0.1, 0.15) is 118 Å². The number of aromatic carboxylic acids is 1. The predicted molar refractivity (Wildman–Crippen MR) is 123 cm³/mol. The molecule has 0 aliphatic carbocycles. The maximum Gasteiger partial charge on any atom is 0.339 e. The maximum atomic E-state index is 12.0. The molecule has 0 aliphatic rings. The SMILES string of the molecule is CCCCCCCCCCCCCCC/C=C/COC(=O)c1ccccc1C(=O)O. The molecule has 0 fully saturated rings. The topological polar surface area (TPSA) is 63.6 Å². The molecule has 1 aromatic carbocycles. The third kappa shape index (κ3) is 12.5. The highest BCUT2D eigenvalue weighted by atomic mass is 16.5. The van der Waals surface area contributed by atoms with Gasteiger partial charge in [0.2, 0.25) is 0 Å². The van der Waals surface area contributed by atoms with Crippen molar-refractivity contribution in [1.29, 1.82) is 0 Å². The van der Waals surface area contributed by atoms with Crippen LogP contribution in [0, 0.1) is 0 Å². The Bertz CT molecular complexity index is 621. The molecule has 30 heavy (non-hydrogen) atoms. The molecule has 0 spiro atoms. The number of unbranched alkanes of at least 4 members (excludes halogenated alkanes) is 13. The largest absolute Gasteiger partial charge is 0.478 e. The first kappa shape index (κ1) is 25.9. The van der Waals surface area contributed by atoms with Crippen molar-refractivity contribution >= 4 is 11.9 Å². The highest BCUT2D eigenvalue weighted by molar-refractivity contribution is 6.02. The second kappa shape index (κ2) is 17.7. The van der Waals surface area contributed by atoms with Gasteiger partial charge in [-0.3, -0.25) is 0 Å². The normalized spacial score (nSPS) is 11.1. The molecule has 0 heterocycles. The number of hydrogen-bond donors (Lipinski definition) is 1. The van der Waals surface area contributed by atoms with E-state index >= 15 is 0 Å². The van der Waals surface area contributed by atoms with Crippen LogP contribution in [0.15, 0.2) is 36.4 Å². The summed E-state index contributed by atoms with van der Waals surface area (Å²) in [6, 6.07) is 6.11. The van der Waals surface area contributed by atoms with E-state index in [9.17, 15) is 9.59 Å². The number of esters is 1. The highest BCUT2D eigenvalue weighted by Gasteiger charge is 2.16. The summed E-state index contributed by atoms with van der Waals surface area (Å²) >= 11 is 0. The van der Waals surface area contributed by atoms with Gasteiger partial charge in [-0.15, -0.1) is 0 Å². The predicted octanol–water partition coefficient (Wildman–Crippen LogP) is 7.58. The number of carboxylic acids is 1. The van der Waals surface area contributed by atoms with Crippen LogP contribution in [0.3, 0.4) is 0 Å². The Morgan fingerprint density at radius 3 is 1.80 bits per heavy atom. The van der Waals surface area contributed by atoms with Crippen LogP contribution in [0.5, 0.6) is 0 Å². The van der Waals surface area contributed by atoms with Gasteiger partial charge in [-0.25, -0.2) is 9.59 Å². The van der Waals surface area contributed by atoms with E-state index in [4.69, 9.17) is 9.84 Å². The molecule has 0 aromatic heterocycles. The zero-order chi connectivity index (χ0) is 21.9. The molecule has 0 saturated heterocycles. The molecule has 4 heteroatoms. The lowest BCUT2D eigenvalue weighted by Crippen LogP contribution is -2.11. The Morgan fingerprint density at radius 1 is 0.767 bits per heavy atom. The summed E-state index contributed by atoms with van der Waals surface area (Å²) in [4.78, 5) is 23.1. The molecule has 1 rings (SSSR count). The van der Waals surface area contributed by atoms with Crippen molar-refractivity contribution in [3.8, 4) is 0 Å². The Morgan fingerprint density at radius 2 is 1.27 bits per heavy atom. The van der Waals surface area contributed by atoms with Crippen molar-refractivity contribution in [3.63, 3.8) is 0 Å². The van der Waals surface area contributed by atoms with Crippen molar-refractivity contribution in [2.24, 2.45) is 0 Å². The summed E-state index contributed by atoms with van der Waals surface area (Å²) < 4.78 is 5.15. The second-order valence-electron chi connectivity index (χ2n) is 7.95. The fraction of sp³-hybridized carbons (Fsp3) is 0.615. The first-order chi connectivity index (χ1) is 14.7. The molecule has 0 radical (unpaired) electrons. The van der Waals surface area contributed by atoms with Crippen molar-refractivity contribution < 1.29 is 19.4 Å². The molecule has 0 unspecified atom stereocenters. The van der Waals surface area contributed by atoms with Crippen molar-refractivity contribution in [2.75, 3.05) is 6.61 Å². The van der Waals surface area contributed by atoms with Gasteiger partial charge < -0.3 is 9.84 Å². The van der Waals surface area contributed by atoms with Gasteiger partial charge in [-0.1, -0.05) is 108 Å². The fourth-order valence-corrected chi connectivity index (χ4v) is 3.52. The fourth-order valence-electron chi connectivity index (χ4n) is 3.52. The minimum atomic E-state index is -1.12. The second-order valence-corrected chi connectivity index (χ2v) is 7.95. The number of carboxylic acid groups (broad SMARTS) is 1. The number of carbonyl (C=O) groups is 2. The van der Waals surface area contributed by atoms with Gasteiger partial charge in [-0.2, -0.15) is 0 Å². The van der Waals surface area contributed by atoms with Crippen molar-refractivity contribution in [1.82, 2.24) is 0 Å². The molecule has 168 valence electrons. The molecule has 0 atom stereocenters. The van der Waals surface area contributed by atoms with E-state index in [0.29, 0.717) is 0 Å². The van der Waals surface area contributed by atoms with Gasteiger partial charge >= 0.3 is 11.9 Å². The monoisotopic (exact) mass is 416 g/mol. The summed E-state index contributed by atoms with van der Waals surface area (Å²) in [6.07, 6.45) is 22.4. The summed E-state index contributed by atoms with van der Waals surface area (Å²) in [5, 5.41) is 9.11. The number of rotatable bonds is 18. The van der Waals surface area contributed by atoms with Crippen LogP contribution in [-0.2, 0) is 4.74 Å². The molecule has 4 nitrogen and oxygen atoms in total. The van der Waals surface area contributed by atoms with Crippen molar-refractivity contribution in [3.05, 3.63) is 47.5 Å². The van der Waals surface area contributed by atoms with Crippen LogP contribution in [0.2, 0.25) is 0 Å². The van der Waals surface area contributed by atoms with E-state index in [1.807, 2.05) is 12.2 Å². The molecule has 0 saturated carbocycles. The minimum absolute atomic E-state index is 0.0292. The molecule has 1 aromatic rings. The number of allylic oxidation sites excluding steroid dienone is 1. The zero-order valence-electron chi connectivity index (χ0n) is 18.7. The van der Waals surface area contributed by atoms with Crippen LogP contribution in [0.4, 0.5) is 0 Å². The smallest absolute Gasteiger partial charge is 0.339 e. The highest BCUT2D eigenvalue weighted by Crippen LogP contribution is 2.13. The van der Waals surface area contributed by atoms with E-state index in [1.54, 1.807) is 12.1 Å². The van der Waals surface area contributed by atoms with Gasteiger partial charge in [0, 0.05) is 0 Å². The van der Waals surface area contributed by atoms with Crippen LogP contribution < -0.4 is 0 Å². The van der Waals surface area contributed by atoms with Gasteiger partial charge in [0.05, 0.1) is 11.1 Å². The van der Waals surface area contributed by atoms with E-state index < -0.39 is 11.9 Å². The zero-order valence-corrected chi connectivity index (χ0v) is 18.7. The lowest BCUT2D eigenvalue weighted by Gasteiger charge is -2.05. The van der Waals surface area contributed by atoms with E-state index in [0.717, 1.165) is 12.8 Å². The number of carbonyl (C=O) groups excluding carboxylic acids is 1. The molecule has 0 aliphatic heterocycles. The Labute approximate surface area is 182 Å². The Hall–Kier alpha value is -2.10. The van der Waals surface area contributed by atoms with E-state index in [1.165, 1.54) is 89.2 Å². The Balaban J connectivity index is 1.95. The first-order valence-electron chi connectivity index (χ1n) is 11.8. The average Bonchev–Trinajstić information content (AvgIpc) is 2.75. The van der Waals surface area contributed by atoms with Gasteiger partial charge in [0.15, 0.2) is 0 Å². The summed E-state index contributed by atoms with van der Waals surface area (Å²) in [5.74, 6) is -1.72. The molecule has 0 bridgehead atoms. The van der Waals surface area contributed by atoms with Crippen molar-refractivity contribution in [2.45, 2.75) is 96.8 Å². The maximum absolute atomic E-state index is 12.0. The summed E-state index contributed by atoms with van der Waals surface area (Å²) in [6.45, 7) is 2.44. The van der Waals surface area contributed by atoms with Gasteiger partial charge in [0.25, 0.3) is 0 Å². The quantitative estimate of drug-likeness (QED) is 0.152. The first-order valence-corrected chi connectivity index (χ1v) is 11.8. The van der Waals surface area contributed by atoms with Crippen LogP contribution >= 0.6 is 0 Å². The minimum Gasteiger partial charge on any atom is -0.478 e. The summed E-state index contributed by atoms with van der Waals surface area (Å²) in [7, 11) is 0. The number of benzene rings is 1. The van der Waals surface area contributed by atoms with Crippen LogP contribution in [-0.4, -0.2) is 23.7 Å². The van der Waals surface area contributed by atoms with E-state index in [2.05, 4.69) is 6.92 Å². The molecule has 0 amide bonds. The van der Waals surface area contributed by atoms with Gasteiger partial charge in [0.1, 0.15) is 6.61 Å². The third-order valence-electron chi connectivity index (χ3n) is 5.33. The van der Waals surface area contributed by atoms with E-state index in [-0.39, 0.29) is 17.7 Å². The standard InChI is InChI=1S/C26H40O4/c1-2-3-4-5-6-7-8-9-10-11-12-13-14-15-16-19-22-30-26(29)24-21-18-17-20-23(24)25(27)28/h16-21H,2-15,22H2,1H3,(H,27,28)/b19-16+. The van der Waals surface area contributed by atoms with Gasteiger partial charge in [-0.05, 0) is 25.0 Å². The lowest BCUT2D eigenvalue weighted by molar-refractivity contribution is 0.0536. The molecular weight excluding hydrogens is 376 g/mol. The lowest BCUT2D eigenvalue weighted by atomic mass is 10.0. The average molecular weight is 417 g/mol. The molecular formula is C26H40O4. The third-order valence-corrected chi connectivity index (χ3v) is 5.33.